The summed E-state index contributed by atoms with van der Waals surface area (Å²) in [6, 6.07) is 8.75. The third-order valence-electron chi connectivity index (χ3n) is 4.29. The predicted octanol–water partition coefficient (Wildman–Crippen LogP) is 3.44. The van der Waals surface area contributed by atoms with Crippen molar-refractivity contribution < 1.29 is 23.2 Å². The van der Waals surface area contributed by atoms with E-state index in [0.717, 1.165) is 5.56 Å². The zero-order valence-corrected chi connectivity index (χ0v) is 16.3. The van der Waals surface area contributed by atoms with Gasteiger partial charge in [0.1, 0.15) is 0 Å². The van der Waals surface area contributed by atoms with Gasteiger partial charge in [-0.2, -0.15) is 4.98 Å². The highest BCUT2D eigenvalue weighted by Gasteiger charge is 2.22. The van der Waals surface area contributed by atoms with Crippen LogP contribution in [0, 0.1) is 0 Å². The standard InChI is InChI=1S/C20H23N3O5/c1-13(2)23(20(24)16-6-5-11-27-16)10-9-18-21-19(22-28-18)14-7-8-15(25-3)17(12-14)26-4/h5-8,11-13H,9-10H2,1-4H3. The summed E-state index contributed by atoms with van der Waals surface area (Å²) in [4.78, 5) is 18.7. The molecule has 0 saturated carbocycles. The van der Waals surface area contributed by atoms with E-state index in [9.17, 15) is 4.79 Å². The maximum Gasteiger partial charge on any atom is 0.289 e. The van der Waals surface area contributed by atoms with Crippen LogP contribution in [-0.4, -0.2) is 47.8 Å². The number of ether oxygens (including phenoxy) is 2. The van der Waals surface area contributed by atoms with Gasteiger partial charge in [0.2, 0.25) is 11.7 Å². The van der Waals surface area contributed by atoms with Gasteiger partial charge < -0.3 is 23.3 Å². The fourth-order valence-electron chi connectivity index (χ4n) is 2.80. The van der Waals surface area contributed by atoms with Crippen molar-refractivity contribution >= 4 is 5.91 Å². The highest BCUT2D eigenvalue weighted by atomic mass is 16.5. The molecule has 0 aliphatic heterocycles. The highest BCUT2D eigenvalue weighted by molar-refractivity contribution is 5.91. The minimum atomic E-state index is -0.167. The molecule has 1 aromatic carbocycles. The molecular formula is C20H23N3O5. The molecule has 8 nitrogen and oxygen atoms in total. The van der Waals surface area contributed by atoms with E-state index >= 15 is 0 Å². The lowest BCUT2D eigenvalue weighted by Crippen LogP contribution is -2.38. The molecule has 0 atom stereocenters. The molecule has 0 fully saturated rings. The molecular weight excluding hydrogens is 362 g/mol. The first-order valence-corrected chi connectivity index (χ1v) is 8.93. The molecule has 3 rings (SSSR count). The molecule has 0 saturated heterocycles. The topological polar surface area (TPSA) is 90.8 Å². The first-order chi connectivity index (χ1) is 13.5. The van der Waals surface area contributed by atoms with Crippen molar-refractivity contribution in [3.8, 4) is 22.9 Å². The summed E-state index contributed by atoms with van der Waals surface area (Å²) in [5.74, 6) is 2.25. The normalized spacial score (nSPS) is 10.9. The summed E-state index contributed by atoms with van der Waals surface area (Å²) in [5.41, 5.74) is 0.750. The molecule has 3 aromatic rings. The van der Waals surface area contributed by atoms with E-state index in [1.54, 1.807) is 43.4 Å². The predicted molar refractivity (Wildman–Crippen MR) is 101 cm³/mol. The van der Waals surface area contributed by atoms with Gasteiger partial charge in [0.25, 0.3) is 5.91 Å². The average Bonchev–Trinajstić information content (AvgIpc) is 3.39. The summed E-state index contributed by atoms with van der Waals surface area (Å²) in [5, 5.41) is 4.03. The second-order valence-electron chi connectivity index (χ2n) is 6.40. The van der Waals surface area contributed by atoms with Crippen molar-refractivity contribution in [2.75, 3.05) is 20.8 Å². The maximum atomic E-state index is 12.6. The van der Waals surface area contributed by atoms with E-state index < -0.39 is 0 Å². The lowest BCUT2D eigenvalue weighted by molar-refractivity contribution is 0.0671. The van der Waals surface area contributed by atoms with E-state index in [1.165, 1.54) is 6.26 Å². The van der Waals surface area contributed by atoms with E-state index in [4.69, 9.17) is 18.4 Å². The SMILES string of the molecule is COc1ccc(-c2noc(CCN(C(=O)c3ccco3)C(C)C)n2)cc1OC. The van der Waals surface area contributed by atoms with Crippen LogP contribution in [0.5, 0.6) is 11.5 Å². The number of carbonyl (C=O) groups is 1. The second-order valence-corrected chi connectivity index (χ2v) is 6.40. The van der Waals surface area contributed by atoms with E-state index in [0.29, 0.717) is 41.9 Å². The molecule has 0 aliphatic rings. The van der Waals surface area contributed by atoms with Gasteiger partial charge in [-0.15, -0.1) is 0 Å². The highest BCUT2D eigenvalue weighted by Crippen LogP contribution is 2.31. The molecule has 0 bridgehead atoms. The van der Waals surface area contributed by atoms with Gasteiger partial charge in [-0.3, -0.25) is 4.79 Å². The Labute approximate surface area is 163 Å². The van der Waals surface area contributed by atoms with Crippen molar-refractivity contribution in [1.82, 2.24) is 15.0 Å². The van der Waals surface area contributed by atoms with Crippen molar-refractivity contribution in [1.29, 1.82) is 0 Å². The smallest absolute Gasteiger partial charge is 0.289 e. The van der Waals surface area contributed by atoms with Gasteiger partial charge in [-0.1, -0.05) is 5.16 Å². The zero-order valence-electron chi connectivity index (χ0n) is 16.3. The van der Waals surface area contributed by atoms with E-state index in [2.05, 4.69) is 10.1 Å². The minimum absolute atomic E-state index is 0.00541. The largest absolute Gasteiger partial charge is 0.493 e. The average molecular weight is 385 g/mol. The molecule has 2 aromatic heterocycles. The summed E-state index contributed by atoms with van der Waals surface area (Å²) >= 11 is 0. The lowest BCUT2D eigenvalue weighted by Gasteiger charge is -2.25. The summed E-state index contributed by atoms with van der Waals surface area (Å²) in [6.07, 6.45) is 1.92. The number of hydrogen-bond acceptors (Lipinski definition) is 7. The first-order valence-electron chi connectivity index (χ1n) is 8.93. The number of rotatable bonds is 8. The minimum Gasteiger partial charge on any atom is -0.493 e. The van der Waals surface area contributed by atoms with Crippen LogP contribution in [0.2, 0.25) is 0 Å². The number of carbonyl (C=O) groups excluding carboxylic acids is 1. The Morgan fingerprint density at radius 3 is 2.61 bits per heavy atom. The van der Waals surface area contributed by atoms with Crippen molar-refractivity contribution in [3.05, 3.63) is 48.2 Å². The van der Waals surface area contributed by atoms with Crippen LogP contribution in [0.4, 0.5) is 0 Å². The van der Waals surface area contributed by atoms with Gasteiger partial charge in [0.15, 0.2) is 17.3 Å². The Morgan fingerprint density at radius 2 is 1.96 bits per heavy atom. The van der Waals surface area contributed by atoms with Gasteiger partial charge >= 0.3 is 0 Å². The second kappa shape index (κ2) is 8.60. The van der Waals surface area contributed by atoms with Crippen molar-refractivity contribution in [2.24, 2.45) is 0 Å². The van der Waals surface area contributed by atoms with Crippen LogP contribution in [0.15, 0.2) is 45.5 Å². The number of methoxy groups -OCH3 is 2. The van der Waals surface area contributed by atoms with Crippen LogP contribution in [-0.2, 0) is 6.42 Å². The van der Waals surface area contributed by atoms with Gasteiger partial charge in [-0.05, 0) is 44.2 Å². The van der Waals surface area contributed by atoms with Crippen LogP contribution in [0.25, 0.3) is 11.4 Å². The Morgan fingerprint density at radius 1 is 1.18 bits per heavy atom. The Hall–Kier alpha value is -3.29. The first kappa shape index (κ1) is 19.5. The Kier molecular flexibility index (Phi) is 5.98. The number of furan rings is 1. The molecule has 0 spiro atoms. The summed E-state index contributed by atoms with van der Waals surface area (Å²) in [7, 11) is 3.15. The zero-order chi connectivity index (χ0) is 20.1. The van der Waals surface area contributed by atoms with Gasteiger partial charge in [0, 0.05) is 24.6 Å². The summed E-state index contributed by atoms with van der Waals surface area (Å²) in [6.45, 7) is 4.33. The number of nitrogens with zero attached hydrogens (tertiary/aromatic N) is 3. The van der Waals surface area contributed by atoms with E-state index in [1.807, 2.05) is 19.9 Å². The van der Waals surface area contributed by atoms with Gasteiger partial charge in [0.05, 0.1) is 20.5 Å². The van der Waals surface area contributed by atoms with Crippen LogP contribution in [0.3, 0.4) is 0 Å². The lowest BCUT2D eigenvalue weighted by atomic mass is 10.2. The third-order valence-corrected chi connectivity index (χ3v) is 4.29. The van der Waals surface area contributed by atoms with Crippen LogP contribution < -0.4 is 9.47 Å². The molecule has 1 amide bonds. The quantitative estimate of drug-likeness (QED) is 0.586. The maximum absolute atomic E-state index is 12.6. The molecule has 0 radical (unpaired) electrons. The number of amides is 1. The molecule has 0 unspecified atom stereocenters. The van der Waals surface area contributed by atoms with Crippen molar-refractivity contribution in [2.45, 2.75) is 26.3 Å². The molecule has 2 heterocycles. The molecule has 8 heteroatoms. The third kappa shape index (κ3) is 4.16. The summed E-state index contributed by atoms with van der Waals surface area (Å²) < 4.78 is 21.1. The fourth-order valence-corrected chi connectivity index (χ4v) is 2.80. The van der Waals surface area contributed by atoms with Crippen LogP contribution >= 0.6 is 0 Å². The molecule has 28 heavy (non-hydrogen) atoms. The fraction of sp³-hybridized carbons (Fsp3) is 0.350. The number of aromatic nitrogens is 2. The van der Waals surface area contributed by atoms with Gasteiger partial charge in [-0.25, -0.2) is 0 Å². The van der Waals surface area contributed by atoms with E-state index in [-0.39, 0.29) is 11.9 Å². The molecule has 148 valence electrons. The van der Waals surface area contributed by atoms with Crippen molar-refractivity contribution in [3.63, 3.8) is 0 Å². The monoisotopic (exact) mass is 385 g/mol. The number of benzene rings is 1. The molecule has 0 aliphatic carbocycles. The Bertz CT molecular complexity index is 918. The van der Waals surface area contributed by atoms with Crippen LogP contribution in [0.1, 0.15) is 30.3 Å². The number of hydrogen-bond donors (Lipinski definition) is 0. The Balaban J connectivity index is 1.71. The molecule has 0 N–H and O–H groups in total.